The lowest BCUT2D eigenvalue weighted by atomic mass is 10.0. The van der Waals surface area contributed by atoms with E-state index in [4.69, 9.17) is 14.7 Å². The van der Waals surface area contributed by atoms with Crippen molar-refractivity contribution >= 4 is 5.82 Å². The monoisotopic (exact) mass is 437 g/mol. The summed E-state index contributed by atoms with van der Waals surface area (Å²) in [6, 6.07) is 8.91. The van der Waals surface area contributed by atoms with Gasteiger partial charge >= 0.3 is 0 Å². The maximum absolute atomic E-state index is 8.84. The summed E-state index contributed by atoms with van der Waals surface area (Å²) < 4.78 is 11.9. The third-order valence-electron chi connectivity index (χ3n) is 6.06. The van der Waals surface area contributed by atoms with Crippen LogP contribution in [0.25, 0.3) is 0 Å². The minimum atomic E-state index is -0.0266. The molecule has 0 bridgehead atoms. The molecule has 2 fully saturated rings. The van der Waals surface area contributed by atoms with Crippen molar-refractivity contribution in [1.29, 1.82) is 5.26 Å². The first-order valence-corrected chi connectivity index (χ1v) is 11.1. The lowest BCUT2D eigenvalue weighted by molar-refractivity contribution is 0.0443. The predicted octanol–water partition coefficient (Wildman–Crippen LogP) is 2.33. The molecule has 9 nitrogen and oxygen atoms in total. The van der Waals surface area contributed by atoms with E-state index in [0.717, 1.165) is 42.8 Å². The minimum absolute atomic E-state index is 0.0266. The number of ether oxygens (including phenoxy) is 2. The largest absolute Gasteiger partial charge is 0.496 e. The molecule has 9 heteroatoms. The Hall–Kier alpha value is -2.77. The number of benzene rings is 1. The van der Waals surface area contributed by atoms with Gasteiger partial charge in [-0.05, 0) is 31.9 Å². The molecule has 4 rings (SSSR count). The topological polar surface area (TPSA) is 107 Å². The number of nitriles is 1. The standard InChI is InChI=1S/C23H31N7O2/c1-15(2)30-7-6-18(13-30)32-14-16-4-5-19(21(8-16)31-3)20-9-22(29-28-20)27-23-12-25-17(10-24)11-26-23/h4-5,8,11-12,15,18,20,22,28-29H,6-7,9,13-14H2,1-3H3,(H,26,27)/t18-,20?,22?/m1/s1. The Labute approximate surface area is 189 Å². The molecule has 3 heterocycles. The van der Waals surface area contributed by atoms with Gasteiger partial charge < -0.3 is 14.8 Å². The average molecular weight is 438 g/mol. The van der Waals surface area contributed by atoms with Crippen LogP contribution in [0.5, 0.6) is 5.75 Å². The molecule has 2 unspecified atom stereocenters. The number of methoxy groups -OCH3 is 1. The molecule has 0 radical (unpaired) electrons. The van der Waals surface area contributed by atoms with Gasteiger partial charge in [-0.1, -0.05) is 12.1 Å². The van der Waals surface area contributed by atoms with Gasteiger partial charge in [-0.2, -0.15) is 5.26 Å². The fourth-order valence-corrected chi connectivity index (χ4v) is 4.20. The fraction of sp³-hybridized carbons (Fsp3) is 0.522. The number of rotatable bonds is 8. The molecule has 2 aromatic rings. The van der Waals surface area contributed by atoms with Crippen molar-refractivity contribution in [2.75, 3.05) is 25.5 Å². The highest BCUT2D eigenvalue weighted by Gasteiger charge is 2.28. The highest BCUT2D eigenvalue weighted by Crippen LogP contribution is 2.31. The molecule has 2 aliphatic heterocycles. The molecule has 170 valence electrons. The zero-order chi connectivity index (χ0) is 22.5. The summed E-state index contributed by atoms with van der Waals surface area (Å²) >= 11 is 0. The van der Waals surface area contributed by atoms with E-state index in [9.17, 15) is 0 Å². The Morgan fingerprint density at radius 3 is 2.84 bits per heavy atom. The molecule has 0 saturated carbocycles. The van der Waals surface area contributed by atoms with Crippen LogP contribution in [0.4, 0.5) is 5.82 Å². The Morgan fingerprint density at radius 2 is 2.16 bits per heavy atom. The van der Waals surface area contributed by atoms with Crippen LogP contribution in [0, 0.1) is 11.3 Å². The molecule has 1 aromatic heterocycles. The van der Waals surface area contributed by atoms with Gasteiger partial charge in [-0.25, -0.2) is 20.8 Å². The zero-order valence-electron chi connectivity index (χ0n) is 18.8. The van der Waals surface area contributed by atoms with Gasteiger partial charge in [0.2, 0.25) is 0 Å². The van der Waals surface area contributed by atoms with E-state index in [2.05, 4.69) is 63.1 Å². The lowest BCUT2D eigenvalue weighted by Gasteiger charge is -2.20. The average Bonchev–Trinajstić information content (AvgIpc) is 3.48. The minimum Gasteiger partial charge on any atom is -0.496 e. The molecule has 0 amide bonds. The normalized spacial score (nSPS) is 23.4. The highest BCUT2D eigenvalue weighted by atomic mass is 16.5. The second-order valence-corrected chi connectivity index (χ2v) is 8.56. The van der Waals surface area contributed by atoms with Crippen molar-refractivity contribution in [2.24, 2.45) is 0 Å². The van der Waals surface area contributed by atoms with Crippen molar-refractivity contribution in [2.45, 2.75) is 57.6 Å². The smallest absolute Gasteiger partial charge is 0.158 e. The summed E-state index contributed by atoms with van der Waals surface area (Å²) in [5.74, 6) is 1.46. The van der Waals surface area contributed by atoms with Crippen LogP contribution in [0.3, 0.4) is 0 Å². The molecule has 3 atom stereocenters. The third-order valence-corrected chi connectivity index (χ3v) is 6.06. The molecular formula is C23H31N7O2. The fourth-order valence-electron chi connectivity index (χ4n) is 4.20. The number of anilines is 1. The van der Waals surface area contributed by atoms with Crippen LogP contribution in [0.15, 0.2) is 30.6 Å². The van der Waals surface area contributed by atoms with Gasteiger partial charge in [0.15, 0.2) is 5.69 Å². The predicted molar refractivity (Wildman–Crippen MR) is 121 cm³/mol. The number of hydrogen-bond acceptors (Lipinski definition) is 9. The Kier molecular flexibility index (Phi) is 7.17. The first-order valence-electron chi connectivity index (χ1n) is 11.1. The number of likely N-dealkylation sites (tertiary alicyclic amines) is 1. The summed E-state index contributed by atoms with van der Waals surface area (Å²) in [6.45, 7) is 7.16. The van der Waals surface area contributed by atoms with Gasteiger partial charge in [-0.15, -0.1) is 0 Å². The quantitative estimate of drug-likeness (QED) is 0.573. The Balaban J connectivity index is 1.33. The maximum Gasteiger partial charge on any atom is 0.158 e. The van der Waals surface area contributed by atoms with E-state index < -0.39 is 0 Å². The number of nitrogens with one attached hydrogen (secondary N) is 3. The molecule has 0 aliphatic carbocycles. The lowest BCUT2D eigenvalue weighted by Crippen LogP contribution is -2.36. The van der Waals surface area contributed by atoms with E-state index in [0.29, 0.717) is 30.3 Å². The number of hydrazine groups is 1. The first kappa shape index (κ1) is 22.4. The summed E-state index contributed by atoms with van der Waals surface area (Å²) in [6.07, 6.45) is 5.16. The molecule has 2 saturated heterocycles. The van der Waals surface area contributed by atoms with E-state index in [1.54, 1.807) is 13.3 Å². The zero-order valence-corrected chi connectivity index (χ0v) is 18.8. The van der Waals surface area contributed by atoms with Gasteiger partial charge in [0, 0.05) is 31.1 Å². The van der Waals surface area contributed by atoms with Crippen LogP contribution in [0.1, 0.15) is 49.6 Å². The van der Waals surface area contributed by atoms with Gasteiger partial charge in [-0.3, -0.25) is 4.90 Å². The SMILES string of the molecule is COc1cc(CO[C@@H]2CCN(C(C)C)C2)ccc1C1CC(Nc2cnc(C#N)cn2)NN1. The van der Waals surface area contributed by atoms with Crippen molar-refractivity contribution in [3.05, 3.63) is 47.4 Å². The molecule has 3 N–H and O–H groups in total. The summed E-state index contributed by atoms with van der Waals surface area (Å²) in [4.78, 5) is 10.7. The highest BCUT2D eigenvalue weighted by molar-refractivity contribution is 5.41. The van der Waals surface area contributed by atoms with Gasteiger partial charge in [0.05, 0.1) is 44.4 Å². The molecule has 0 spiro atoms. The summed E-state index contributed by atoms with van der Waals surface area (Å²) in [5, 5.41) is 12.1. The van der Waals surface area contributed by atoms with Crippen LogP contribution in [-0.2, 0) is 11.3 Å². The van der Waals surface area contributed by atoms with Crippen molar-refractivity contribution < 1.29 is 9.47 Å². The second kappa shape index (κ2) is 10.2. The van der Waals surface area contributed by atoms with Crippen LogP contribution < -0.4 is 20.9 Å². The van der Waals surface area contributed by atoms with E-state index in [-0.39, 0.29) is 12.2 Å². The molecule has 2 aliphatic rings. The third kappa shape index (κ3) is 5.34. The number of nitrogens with zero attached hydrogens (tertiary/aromatic N) is 4. The van der Waals surface area contributed by atoms with Gasteiger partial charge in [0.25, 0.3) is 0 Å². The summed E-state index contributed by atoms with van der Waals surface area (Å²) in [7, 11) is 1.70. The van der Waals surface area contributed by atoms with Crippen LogP contribution in [-0.4, -0.2) is 53.4 Å². The Morgan fingerprint density at radius 1 is 1.28 bits per heavy atom. The van der Waals surface area contributed by atoms with E-state index >= 15 is 0 Å². The van der Waals surface area contributed by atoms with E-state index in [1.807, 2.05) is 6.07 Å². The summed E-state index contributed by atoms with van der Waals surface area (Å²) in [5.41, 5.74) is 9.07. The number of aromatic nitrogens is 2. The van der Waals surface area contributed by atoms with Crippen LogP contribution >= 0.6 is 0 Å². The Bertz CT molecular complexity index is 944. The second-order valence-electron chi connectivity index (χ2n) is 8.56. The van der Waals surface area contributed by atoms with Crippen molar-refractivity contribution in [3.63, 3.8) is 0 Å². The molecular weight excluding hydrogens is 406 g/mol. The maximum atomic E-state index is 8.84. The molecule has 1 aromatic carbocycles. The van der Waals surface area contributed by atoms with E-state index in [1.165, 1.54) is 6.20 Å². The number of hydrogen-bond donors (Lipinski definition) is 3. The van der Waals surface area contributed by atoms with Gasteiger partial charge in [0.1, 0.15) is 17.6 Å². The van der Waals surface area contributed by atoms with Crippen molar-refractivity contribution in [3.8, 4) is 11.8 Å². The first-order chi connectivity index (χ1) is 15.6. The molecule has 32 heavy (non-hydrogen) atoms. The van der Waals surface area contributed by atoms with Crippen LogP contribution in [0.2, 0.25) is 0 Å². The van der Waals surface area contributed by atoms with Crippen molar-refractivity contribution in [1.82, 2.24) is 25.7 Å².